The third-order valence-electron chi connectivity index (χ3n) is 2.67. The third-order valence-corrected chi connectivity index (χ3v) is 2.97. The van der Waals surface area contributed by atoms with E-state index in [0.717, 1.165) is 5.56 Å². The Hall–Kier alpha value is -1.34. The molecule has 1 aliphatic rings. The molecule has 1 aromatic carbocycles. The number of hydrogen-bond donors (Lipinski definition) is 1. The van der Waals surface area contributed by atoms with Crippen molar-refractivity contribution in [3.63, 3.8) is 0 Å². The second-order valence-electron chi connectivity index (χ2n) is 3.87. The minimum Gasteiger partial charge on any atom is -0.480 e. The first-order valence-corrected chi connectivity index (χ1v) is 5.83. The summed E-state index contributed by atoms with van der Waals surface area (Å²) in [5.74, 6) is -0.809. The SMILES string of the molecule is COC1OC(OC)c2cc(OCC(=O)O)c(Cl)cc21. The normalized spacial score (nSPS) is 21.2. The standard InChI is InChI=1S/C12H13ClO6/c1-16-11-6-3-8(13)9(18-5-10(14)15)4-7(6)12(17-2)19-11/h3-4,11-12H,5H2,1-2H3,(H,14,15). The van der Waals surface area contributed by atoms with Gasteiger partial charge in [0, 0.05) is 25.3 Å². The zero-order chi connectivity index (χ0) is 14.0. The van der Waals surface area contributed by atoms with Crippen LogP contribution < -0.4 is 4.74 Å². The molecule has 0 fully saturated rings. The summed E-state index contributed by atoms with van der Waals surface area (Å²) in [5.41, 5.74) is 1.45. The zero-order valence-electron chi connectivity index (χ0n) is 10.4. The van der Waals surface area contributed by atoms with E-state index >= 15 is 0 Å². The molecule has 0 saturated carbocycles. The van der Waals surface area contributed by atoms with E-state index in [2.05, 4.69) is 0 Å². The second kappa shape index (κ2) is 5.75. The molecular weight excluding hydrogens is 276 g/mol. The van der Waals surface area contributed by atoms with Crippen LogP contribution in [0.2, 0.25) is 5.02 Å². The Labute approximate surface area is 114 Å². The summed E-state index contributed by atoms with van der Waals surface area (Å²) < 4.78 is 20.9. The van der Waals surface area contributed by atoms with Gasteiger partial charge in [-0.05, 0) is 12.1 Å². The quantitative estimate of drug-likeness (QED) is 0.894. The van der Waals surface area contributed by atoms with Gasteiger partial charge in [-0.2, -0.15) is 0 Å². The van der Waals surface area contributed by atoms with Crippen molar-refractivity contribution in [3.8, 4) is 5.75 Å². The highest BCUT2D eigenvalue weighted by atomic mass is 35.5. The average molecular weight is 289 g/mol. The molecule has 0 amide bonds. The Bertz CT molecular complexity index is 489. The lowest BCUT2D eigenvalue weighted by atomic mass is 10.1. The highest BCUT2D eigenvalue weighted by molar-refractivity contribution is 6.32. The average Bonchev–Trinajstić information content (AvgIpc) is 2.72. The van der Waals surface area contributed by atoms with Gasteiger partial charge in [-0.15, -0.1) is 0 Å². The minimum atomic E-state index is -1.08. The van der Waals surface area contributed by atoms with E-state index in [-0.39, 0.29) is 5.75 Å². The van der Waals surface area contributed by atoms with Crippen molar-refractivity contribution < 1.29 is 28.8 Å². The van der Waals surface area contributed by atoms with Crippen molar-refractivity contribution >= 4 is 17.6 Å². The summed E-state index contributed by atoms with van der Waals surface area (Å²) in [6.07, 6.45) is -1.16. The number of hydrogen-bond acceptors (Lipinski definition) is 5. The Balaban J connectivity index is 2.33. The maximum atomic E-state index is 10.5. The van der Waals surface area contributed by atoms with E-state index in [9.17, 15) is 4.79 Å². The largest absolute Gasteiger partial charge is 0.480 e. The Kier molecular flexibility index (Phi) is 4.26. The van der Waals surface area contributed by atoms with Gasteiger partial charge in [0.05, 0.1) is 5.02 Å². The number of aliphatic carboxylic acids is 1. The lowest BCUT2D eigenvalue weighted by molar-refractivity contribution is -0.217. The molecule has 0 bridgehead atoms. The first-order valence-electron chi connectivity index (χ1n) is 5.45. The van der Waals surface area contributed by atoms with Crippen LogP contribution in [-0.2, 0) is 19.0 Å². The summed E-state index contributed by atoms with van der Waals surface area (Å²) in [6.45, 7) is -0.468. The predicted molar refractivity (Wildman–Crippen MR) is 65.2 cm³/mol. The van der Waals surface area contributed by atoms with Crippen LogP contribution in [0.3, 0.4) is 0 Å². The van der Waals surface area contributed by atoms with Crippen molar-refractivity contribution in [2.75, 3.05) is 20.8 Å². The summed E-state index contributed by atoms with van der Waals surface area (Å²) in [5, 5.41) is 8.89. The molecule has 0 aliphatic carbocycles. The Morgan fingerprint density at radius 1 is 1.32 bits per heavy atom. The molecule has 0 aromatic heterocycles. The lowest BCUT2D eigenvalue weighted by Crippen LogP contribution is -2.10. The van der Waals surface area contributed by atoms with Gasteiger partial charge in [0.15, 0.2) is 19.2 Å². The van der Waals surface area contributed by atoms with Crippen LogP contribution in [-0.4, -0.2) is 31.9 Å². The van der Waals surface area contributed by atoms with Crippen LogP contribution in [0, 0.1) is 0 Å². The molecule has 1 N–H and O–H groups in total. The molecule has 0 saturated heterocycles. The van der Waals surface area contributed by atoms with Crippen molar-refractivity contribution in [3.05, 3.63) is 28.3 Å². The smallest absolute Gasteiger partial charge is 0.341 e. The van der Waals surface area contributed by atoms with Gasteiger partial charge in [-0.1, -0.05) is 11.6 Å². The van der Waals surface area contributed by atoms with E-state index < -0.39 is 25.2 Å². The van der Waals surface area contributed by atoms with E-state index in [1.165, 1.54) is 14.2 Å². The maximum absolute atomic E-state index is 10.5. The molecule has 2 rings (SSSR count). The molecule has 2 unspecified atom stereocenters. The molecule has 104 valence electrons. The Morgan fingerprint density at radius 3 is 2.42 bits per heavy atom. The highest BCUT2D eigenvalue weighted by Gasteiger charge is 2.33. The number of methoxy groups -OCH3 is 2. The van der Waals surface area contributed by atoms with Gasteiger partial charge in [0.1, 0.15) is 5.75 Å². The van der Waals surface area contributed by atoms with Crippen LogP contribution in [0.15, 0.2) is 12.1 Å². The fourth-order valence-electron chi connectivity index (χ4n) is 1.87. The van der Waals surface area contributed by atoms with Gasteiger partial charge < -0.3 is 24.1 Å². The van der Waals surface area contributed by atoms with Gasteiger partial charge in [0.25, 0.3) is 0 Å². The summed E-state index contributed by atoms with van der Waals surface area (Å²) in [6, 6.07) is 3.23. The van der Waals surface area contributed by atoms with Gasteiger partial charge in [-0.3, -0.25) is 0 Å². The van der Waals surface area contributed by atoms with Crippen LogP contribution in [0.25, 0.3) is 0 Å². The van der Waals surface area contributed by atoms with E-state index in [1.54, 1.807) is 12.1 Å². The number of ether oxygens (including phenoxy) is 4. The van der Waals surface area contributed by atoms with Gasteiger partial charge >= 0.3 is 5.97 Å². The van der Waals surface area contributed by atoms with Crippen LogP contribution in [0.4, 0.5) is 0 Å². The molecule has 0 spiro atoms. The molecule has 19 heavy (non-hydrogen) atoms. The molecular formula is C12H13ClO6. The van der Waals surface area contributed by atoms with Crippen LogP contribution in [0.5, 0.6) is 5.75 Å². The Morgan fingerprint density at radius 2 is 1.89 bits per heavy atom. The summed E-state index contributed by atoms with van der Waals surface area (Å²) in [7, 11) is 3.01. The van der Waals surface area contributed by atoms with Crippen LogP contribution in [0.1, 0.15) is 23.7 Å². The zero-order valence-corrected chi connectivity index (χ0v) is 11.1. The van der Waals surface area contributed by atoms with Gasteiger partial charge in [-0.25, -0.2) is 4.79 Å². The van der Waals surface area contributed by atoms with Crippen LogP contribution >= 0.6 is 11.6 Å². The molecule has 6 nitrogen and oxygen atoms in total. The highest BCUT2D eigenvalue weighted by Crippen LogP contribution is 2.43. The molecule has 2 atom stereocenters. The predicted octanol–water partition coefficient (Wildman–Crippen LogP) is 2.12. The number of carbonyl (C=O) groups is 1. The number of rotatable bonds is 5. The topological polar surface area (TPSA) is 74.2 Å². The number of halogens is 1. The first-order chi connectivity index (χ1) is 9.06. The van der Waals surface area contributed by atoms with E-state index in [1.807, 2.05) is 0 Å². The number of fused-ring (bicyclic) bond motifs is 1. The second-order valence-corrected chi connectivity index (χ2v) is 4.27. The number of benzene rings is 1. The van der Waals surface area contributed by atoms with Crippen molar-refractivity contribution in [1.29, 1.82) is 0 Å². The van der Waals surface area contributed by atoms with Crippen molar-refractivity contribution in [2.45, 2.75) is 12.6 Å². The minimum absolute atomic E-state index is 0.269. The maximum Gasteiger partial charge on any atom is 0.341 e. The monoisotopic (exact) mass is 288 g/mol. The van der Waals surface area contributed by atoms with Gasteiger partial charge in [0.2, 0.25) is 0 Å². The fourth-order valence-corrected chi connectivity index (χ4v) is 2.09. The van der Waals surface area contributed by atoms with Crippen molar-refractivity contribution in [1.82, 2.24) is 0 Å². The summed E-state index contributed by atoms with van der Waals surface area (Å²) >= 11 is 6.03. The lowest BCUT2D eigenvalue weighted by Gasteiger charge is -2.11. The first kappa shape index (κ1) is 14.1. The third kappa shape index (κ3) is 2.82. The molecule has 0 radical (unpaired) electrons. The molecule has 1 aliphatic heterocycles. The summed E-state index contributed by atoms with van der Waals surface area (Å²) in [4.78, 5) is 10.5. The van der Waals surface area contributed by atoms with E-state index in [0.29, 0.717) is 10.6 Å². The molecule has 1 aromatic rings. The van der Waals surface area contributed by atoms with Crippen molar-refractivity contribution in [2.24, 2.45) is 0 Å². The number of carboxylic acids is 1. The fraction of sp³-hybridized carbons (Fsp3) is 0.417. The number of carboxylic acid groups (broad SMARTS) is 1. The van der Waals surface area contributed by atoms with E-state index in [4.69, 9.17) is 35.7 Å². The molecule has 1 heterocycles. The molecule has 7 heteroatoms.